The molecule has 2 N–H and O–H groups in total. The second kappa shape index (κ2) is 6.43. The molecule has 1 aliphatic rings. The molecule has 2 aromatic heterocycles. The number of aliphatic imine (C=N–C) groups is 1. The van der Waals surface area contributed by atoms with Gasteiger partial charge in [-0.15, -0.1) is 5.10 Å². The van der Waals surface area contributed by atoms with Gasteiger partial charge in [0.25, 0.3) is 0 Å². The molecular weight excluding hydrogens is 268 g/mol. The van der Waals surface area contributed by atoms with Crippen LogP contribution in [0.15, 0.2) is 27.8 Å². The number of nitrogens with one attached hydrogen (secondary N) is 2. The summed E-state index contributed by atoms with van der Waals surface area (Å²) in [6, 6.07) is 3.66. The van der Waals surface area contributed by atoms with Crippen LogP contribution >= 0.6 is 0 Å². The summed E-state index contributed by atoms with van der Waals surface area (Å²) in [5, 5.41) is 10.4. The highest BCUT2D eigenvalue weighted by atomic mass is 16.3. The zero-order chi connectivity index (χ0) is 14.5. The molecule has 0 radical (unpaired) electrons. The van der Waals surface area contributed by atoms with Gasteiger partial charge in [0.05, 0.1) is 6.26 Å². The van der Waals surface area contributed by atoms with E-state index in [2.05, 4.69) is 37.3 Å². The van der Waals surface area contributed by atoms with E-state index in [1.54, 1.807) is 6.26 Å². The summed E-state index contributed by atoms with van der Waals surface area (Å²) in [4.78, 5) is 11.3. The van der Waals surface area contributed by atoms with Crippen molar-refractivity contribution in [1.82, 2.24) is 25.4 Å². The van der Waals surface area contributed by atoms with Gasteiger partial charge in [-0.1, -0.05) is 0 Å². The van der Waals surface area contributed by atoms with Crippen LogP contribution in [-0.2, 0) is 6.54 Å². The number of aromatic amines is 1. The molecule has 3 rings (SSSR count). The Balaban J connectivity index is 1.68. The number of nitrogens with zero attached hydrogens (tertiary/aromatic N) is 4. The van der Waals surface area contributed by atoms with Crippen molar-refractivity contribution in [3.63, 3.8) is 0 Å². The number of aromatic nitrogens is 3. The number of likely N-dealkylation sites (tertiary alicyclic amines) is 1. The Hall–Kier alpha value is -2.31. The van der Waals surface area contributed by atoms with Crippen molar-refractivity contribution in [2.24, 2.45) is 4.99 Å². The van der Waals surface area contributed by atoms with E-state index in [1.165, 1.54) is 12.8 Å². The van der Waals surface area contributed by atoms with Crippen molar-refractivity contribution in [1.29, 1.82) is 0 Å². The van der Waals surface area contributed by atoms with Gasteiger partial charge in [-0.2, -0.15) is 0 Å². The van der Waals surface area contributed by atoms with E-state index in [1.807, 2.05) is 12.1 Å². The fourth-order valence-corrected chi connectivity index (χ4v) is 2.39. The summed E-state index contributed by atoms with van der Waals surface area (Å²) in [6.07, 6.45) is 4.07. The third kappa shape index (κ3) is 3.24. The second-order valence-corrected chi connectivity index (χ2v) is 4.95. The third-order valence-corrected chi connectivity index (χ3v) is 3.39. The van der Waals surface area contributed by atoms with Gasteiger partial charge in [0.15, 0.2) is 11.7 Å². The molecule has 3 heterocycles. The summed E-state index contributed by atoms with van der Waals surface area (Å²) < 4.78 is 5.28. The van der Waals surface area contributed by atoms with Crippen molar-refractivity contribution in [2.45, 2.75) is 26.3 Å². The second-order valence-electron chi connectivity index (χ2n) is 4.95. The average Bonchev–Trinajstić information content (AvgIpc) is 3.25. The lowest BCUT2D eigenvalue weighted by molar-refractivity contribution is 0.493. The maximum Gasteiger partial charge on any atom is 0.216 e. The van der Waals surface area contributed by atoms with Gasteiger partial charge in [0.2, 0.25) is 5.82 Å². The molecule has 0 spiro atoms. The van der Waals surface area contributed by atoms with Crippen LogP contribution in [0.2, 0.25) is 0 Å². The van der Waals surface area contributed by atoms with E-state index in [-0.39, 0.29) is 0 Å². The van der Waals surface area contributed by atoms with Crippen molar-refractivity contribution < 1.29 is 4.42 Å². The van der Waals surface area contributed by atoms with Crippen LogP contribution in [0, 0.1) is 0 Å². The molecule has 21 heavy (non-hydrogen) atoms. The molecule has 1 saturated heterocycles. The maximum absolute atomic E-state index is 5.28. The summed E-state index contributed by atoms with van der Waals surface area (Å²) in [7, 11) is 0. The minimum absolute atomic E-state index is 0.479. The number of rotatable bonds is 4. The highest BCUT2D eigenvalue weighted by Gasteiger charge is 2.15. The molecule has 112 valence electrons. The summed E-state index contributed by atoms with van der Waals surface area (Å²) in [6.45, 7) is 5.56. The number of hydrogen-bond donors (Lipinski definition) is 2. The minimum atomic E-state index is 0.479. The van der Waals surface area contributed by atoms with Crippen LogP contribution in [0.3, 0.4) is 0 Å². The Labute approximate surface area is 123 Å². The molecule has 7 heteroatoms. The Morgan fingerprint density at radius 2 is 2.33 bits per heavy atom. The van der Waals surface area contributed by atoms with Crippen molar-refractivity contribution in [3.8, 4) is 11.6 Å². The Morgan fingerprint density at radius 3 is 3.05 bits per heavy atom. The van der Waals surface area contributed by atoms with Gasteiger partial charge in [-0.3, -0.25) is 5.10 Å². The highest BCUT2D eigenvalue weighted by Crippen LogP contribution is 2.14. The lowest BCUT2D eigenvalue weighted by Gasteiger charge is -2.20. The first-order valence-electron chi connectivity index (χ1n) is 7.35. The van der Waals surface area contributed by atoms with Gasteiger partial charge >= 0.3 is 0 Å². The number of hydrogen-bond acceptors (Lipinski definition) is 4. The van der Waals surface area contributed by atoms with Gasteiger partial charge in [0.1, 0.15) is 12.4 Å². The van der Waals surface area contributed by atoms with Crippen molar-refractivity contribution in [3.05, 3.63) is 24.2 Å². The van der Waals surface area contributed by atoms with Crippen LogP contribution in [0.1, 0.15) is 25.6 Å². The first-order valence-corrected chi connectivity index (χ1v) is 7.35. The van der Waals surface area contributed by atoms with Crippen LogP contribution in [0.5, 0.6) is 0 Å². The normalized spacial score (nSPS) is 15.7. The standard InChI is InChI=1S/C14H20N6O/c1-2-15-14(20-7-3-4-8-20)16-10-12-17-13(19-18-12)11-6-5-9-21-11/h5-6,9H,2-4,7-8,10H2,1H3,(H,15,16)(H,17,18,19). The molecule has 0 unspecified atom stereocenters. The van der Waals surface area contributed by atoms with Gasteiger partial charge in [-0.25, -0.2) is 9.98 Å². The minimum Gasteiger partial charge on any atom is -0.461 e. The molecule has 2 aromatic rings. The van der Waals surface area contributed by atoms with Gasteiger partial charge in [-0.05, 0) is 31.9 Å². The van der Waals surface area contributed by atoms with E-state index in [0.29, 0.717) is 18.1 Å². The SMILES string of the molecule is CCNC(=NCc1nc(-c2ccco2)n[nH]1)N1CCCC1. The van der Waals surface area contributed by atoms with Gasteiger partial charge < -0.3 is 14.6 Å². The van der Waals surface area contributed by atoms with Crippen LogP contribution < -0.4 is 5.32 Å². The quantitative estimate of drug-likeness (QED) is 0.660. The summed E-state index contributed by atoms with van der Waals surface area (Å²) >= 11 is 0. The molecule has 0 atom stereocenters. The van der Waals surface area contributed by atoms with Crippen LogP contribution in [-0.4, -0.2) is 45.7 Å². The van der Waals surface area contributed by atoms with Crippen LogP contribution in [0.4, 0.5) is 0 Å². The van der Waals surface area contributed by atoms with E-state index in [0.717, 1.165) is 31.4 Å². The van der Waals surface area contributed by atoms with Crippen molar-refractivity contribution in [2.75, 3.05) is 19.6 Å². The number of H-pyrrole nitrogens is 1. The third-order valence-electron chi connectivity index (χ3n) is 3.39. The van der Waals surface area contributed by atoms with E-state index >= 15 is 0 Å². The summed E-state index contributed by atoms with van der Waals surface area (Å²) in [5.41, 5.74) is 0. The zero-order valence-corrected chi connectivity index (χ0v) is 12.2. The molecular formula is C14H20N6O. The Kier molecular flexibility index (Phi) is 4.18. The molecule has 1 fully saturated rings. The monoisotopic (exact) mass is 288 g/mol. The number of guanidine groups is 1. The molecule has 0 aromatic carbocycles. The Bertz CT molecular complexity index is 582. The fourth-order valence-electron chi connectivity index (χ4n) is 2.39. The summed E-state index contributed by atoms with van der Waals surface area (Å²) in [5.74, 6) is 2.91. The predicted octanol–water partition coefficient (Wildman–Crippen LogP) is 1.63. The highest BCUT2D eigenvalue weighted by molar-refractivity contribution is 5.80. The molecule has 1 aliphatic heterocycles. The van der Waals surface area contributed by atoms with Gasteiger partial charge in [0, 0.05) is 19.6 Å². The smallest absolute Gasteiger partial charge is 0.216 e. The Morgan fingerprint density at radius 1 is 1.48 bits per heavy atom. The maximum atomic E-state index is 5.28. The molecule has 7 nitrogen and oxygen atoms in total. The topological polar surface area (TPSA) is 82.3 Å². The molecule has 0 aliphatic carbocycles. The van der Waals surface area contributed by atoms with Crippen molar-refractivity contribution >= 4 is 5.96 Å². The van der Waals surface area contributed by atoms with E-state index in [9.17, 15) is 0 Å². The lowest BCUT2D eigenvalue weighted by atomic mass is 10.4. The lowest BCUT2D eigenvalue weighted by Crippen LogP contribution is -2.39. The molecule has 0 amide bonds. The van der Waals surface area contributed by atoms with Crippen LogP contribution in [0.25, 0.3) is 11.6 Å². The van der Waals surface area contributed by atoms with E-state index in [4.69, 9.17) is 4.42 Å². The zero-order valence-electron chi connectivity index (χ0n) is 12.2. The molecule has 0 bridgehead atoms. The first-order chi connectivity index (χ1) is 10.4. The first kappa shape index (κ1) is 13.7. The predicted molar refractivity (Wildman–Crippen MR) is 79.7 cm³/mol. The van der Waals surface area contributed by atoms with E-state index < -0.39 is 0 Å². The molecule has 0 saturated carbocycles. The fraction of sp³-hybridized carbons (Fsp3) is 0.500. The average molecular weight is 288 g/mol. The largest absolute Gasteiger partial charge is 0.461 e. The number of furan rings is 1.